The van der Waals surface area contributed by atoms with Crippen molar-refractivity contribution in [3.8, 4) is 0 Å². The number of hydrogen-bond acceptors (Lipinski definition) is 5. The highest BCUT2D eigenvalue weighted by Gasteiger charge is 2.35. The Morgan fingerprint density at radius 3 is 2.41 bits per heavy atom. The predicted molar refractivity (Wildman–Crippen MR) is 107 cm³/mol. The lowest BCUT2D eigenvalue weighted by Gasteiger charge is -2.16. The minimum absolute atomic E-state index is 0.101. The number of carbonyl (C=O) groups excluding carboxylic acids is 4. The lowest BCUT2D eigenvalue weighted by molar-refractivity contribution is -0.153. The van der Waals surface area contributed by atoms with E-state index in [0.29, 0.717) is 16.8 Å². The van der Waals surface area contributed by atoms with Gasteiger partial charge in [-0.25, -0.2) is 0 Å². The highest BCUT2D eigenvalue weighted by atomic mass is 16.5. The summed E-state index contributed by atoms with van der Waals surface area (Å²) in [6.45, 7) is 5.10. The molecule has 1 aliphatic heterocycles. The van der Waals surface area contributed by atoms with Gasteiger partial charge < -0.3 is 10.1 Å². The number of fused-ring (bicyclic) bond motifs is 1. The maximum absolute atomic E-state index is 12.4. The first-order valence-corrected chi connectivity index (χ1v) is 9.30. The molecule has 0 aliphatic carbocycles. The van der Waals surface area contributed by atoms with E-state index in [2.05, 4.69) is 5.32 Å². The summed E-state index contributed by atoms with van der Waals surface area (Å²) in [5.74, 6) is -1.97. The van der Waals surface area contributed by atoms with Gasteiger partial charge in [0.15, 0.2) is 6.10 Å². The first kappa shape index (κ1) is 20.3. The van der Waals surface area contributed by atoms with Crippen LogP contribution < -0.4 is 5.32 Å². The number of esters is 1. The number of anilines is 1. The fourth-order valence-electron chi connectivity index (χ4n) is 3.09. The van der Waals surface area contributed by atoms with Crippen molar-refractivity contribution >= 4 is 29.4 Å². The predicted octanol–water partition coefficient (Wildman–Crippen LogP) is 2.86. The molecule has 1 atom stereocenters. The van der Waals surface area contributed by atoms with E-state index >= 15 is 0 Å². The molecule has 1 N–H and O–H groups in total. The summed E-state index contributed by atoms with van der Waals surface area (Å²) in [6.07, 6.45) is -1.19. The van der Waals surface area contributed by atoms with Crippen LogP contribution in [0, 0.1) is 13.8 Å². The molecule has 0 fully saturated rings. The van der Waals surface area contributed by atoms with Gasteiger partial charge in [0.2, 0.25) is 0 Å². The van der Waals surface area contributed by atoms with Gasteiger partial charge in [0.1, 0.15) is 0 Å². The first-order chi connectivity index (χ1) is 13.8. The van der Waals surface area contributed by atoms with Crippen molar-refractivity contribution in [1.82, 2.24) is 4.90 Å². The minimum atomic E-state index is -1.01. The second kappa shape index (κ2) is 8.26. The number of nitrogens with zero attached hydrogens (tertiary/aromatic N) is 1. The van der Waals surface area contributed by atoms with E-state index < -0.39 is 29.8 Å². The smallest absolute Gasteiger partial charge is 0.308 e. The molecular weight excluding hydrogens is 372 g/mol. The van der Waals surface area contributed by atoms with Gasteiger partial charge in [-0.1, -0.05) is 23.8 Å². The number of amides is 3. The van der Waals surface area contributed by atoms with Crippen LogP contribution in [0.15, 0.2) is 42.5 Å². The Morgan fingerprint density at radius 1 is 1.00 bits per heavy atom. The zero-order valence-corrected chi connectivity index (χ0v) is 16.5. The Bertz CT molecular complexity index is 998. The minimum Gasteiger partial charge on any atom is -0.452 e. The molecule has 1 unspecified atom stereocenters. The van der Waals surface area contributed by atoms with E-state index in [1.807, 2.05) is 26.0 Å². The van der Waals surface area contributed by atoms with Gasteiger partial charge in [0, 0.05) is 12.2 Å². The number of ether oxygens (including phenoxy) is 1. The van der Waals surface area contributed by atoms with Crippen LogP contribution >= 0.6 is 0 Å². The van der Waals surface area contributed by atoms with Crippen molar-refractivity contribution < 1.29 is 23.9 Å². The average molecular weight is 394 g/mol. The largest absolute Gasteiger partial charge is 0.452 e. The normalized spacial score (nSPS) is 13.8. The maximum Gasteiger partial charge on any atom is 0.308 e. The zero-order valence-electron chi connectivity index (χ0n) is 16.5. The Balaban J connectivity index is 1.53. The maximum atomic E-state index is 12.4. The summed E-state index contributed by atoms with van der Waals surface area (Å²) >= 11 is 0. The molecule has 29 heavy (non-hydrogen) atoms. The zero-order chi connectivity index (χ0) is 21.1. The van der Waals surface area contributed by atoms with Crippen molar-refractivity contribution in [2.24, 2.45) is 0 Å². The molecule has 1 aliphatic rings. The quantitative estimate of drug-likeness (QED) is 0.601. The van der Waals surface area contributed by atoms with Gasteiger partial charge in [-0.05, 0) is 50.6 Å². The summed E-state index contributed by atoms with van der Waals surface area (Å²) in [4.78, 5) is 50.1. The van der Waals surface area contributed by atoms with E-state index in [4.69, 9.17) is 4.74 Å². The standard InChI is InChI=1S/C22H22N2O5/c1-13-5-4-6-16(11-13)23-20(26)15(3)29-19(25)9-10-24-21(27)17-8-7-14(2)12-18(17)22(24)28/h4-8,11-12,15H,9-10H2,1-3H3,(H,23,26). The molecule has 2 aromatic rings. The van der Waals surface area contributed by atoms with Crippen LogP contribution in [0.4, 0.5) is 5.69 Å². The van der Waals surface area contributed by atoms with Crippen molar-refractivity contribution in [3.63, 3.8) is 0 Å². The number of hydrogen-bond donors (Lipinski definition) is 1. The van der Waals surface area contributed by atoms with Gasteiger partial charge in [-0.3, -0.25) is 24.1 Å². The van der Waals surface area contributed by atoms with Crippen molar-refractivity contribution in [2.45, 2.75) is 33.3 Å². The lowest BCUT2D eigenvalue weighted by atomic mass is 10.1. The molecule has 2 aromatic carbocycles. The van der Waals surface area contributed by atoms with E-state index in [1.165, 1.54) is 6.92 Å². The van der Waals surface area contributed by atoms with Gasteiger partial charge >= 0.3 is 5.97 Å². The van der Waals surface area contributed by atoms with Crippen LogP contribution in [0.3, 0.4) is 0 Å². The highest BCUT2D eigenvalue weighted by molar-refractivity contribution is 6.21. The SMILES string of the molecule is Cc1cccc(NC(=O)C(C)OC(=O)CCN2C(=O)c3ccc(C)cc3C2=O)c1. The van der Waals surface area contributed by atoms with Crippen LogP contribution in [0.2, 0.25) is 0 Å². The van der Waals surface area contributed by atoms with Crippen LogP contribution in [0.1, 0.15) is 45.2 Å². The molecule has 0 saturated carbocycles. The molecule has 3 amide bonds. The van der Waals surface area contributed by atoms with E-state index in [-0.39, 0.29) is 13.0 Å². The molecule has 0 spiro atoms. The third-order valence-electron chi connectivity index (χ3n) is 4.63. The Hall–Kier alpha value is -3.48. The van der Waals surface area contributed by atoms with Crippen LogP contribution in [-0.4, -0.2) is 41.2 Å². The Morgan fingerprint density at radius 2 is 1.69 bits per heavy atom. The van der Waals surface area contributed by atoms with Gasteiger partial charge in [0.05, 0.1) is 17.5 Å². The second-order valence-corrected chi connectivity index (χ2v) is 7.05. The average Bonchev–Trinajstić information content (AvgIpc) is 2.90. The molecule has 0 bridgehead atoms. The lowest BCUT2D eigenvalue weighted by Crippen LogP contribution is -2.34. The monoisotopic (exact) mass is 394 g/mol. The molecule has 1 heterocycles. The molecular formula is C22H22N2O5. The highest BCUT2D eigenvalue weighted by Crippen LogP contribution is 2.24. The summed E-state index contributed by atoms with van der Waals surface area (Å²) in [5, 5.41) is 2.68. The number of aryl methyl sites for hydroxylation is 2. The van der Waals surface area contributed by atoms with Gasteiger partial charge in [-0.2, -0.15) is 0 Å². The number of benzene rings is 2. The number of imide groups is 1. The third-order valence-corrected chi connectivity index (χ3v) is 4.63. The molecule has 0 radical (unpaired) electrons. The van der Waals surface area contributed by atoms with Crippen molar-refractivity contribution in [3.05, 3.63) is 64.7 Å². The molecule has 7 heteroatoms. The summed E-state index contributed by atoms with van der Waals surface area (Å²) in [5.41, 5.74) is 3.15. The van der Waals surface area contributed by atoms with Crippen molar-refractivity contribution in [2.75, 3.05) is 11.9 Å². The molecule has 3 rings (SSSR count). The molecule has 0 aromatic heterocycles. The van der Waals surface area contributed by atoms with Gasteiger partial charge in [0.25, 0.3) is 17.7 Å². The molecule has 150 valence electrons. The third kappa shape index (κ3) is 4.51. The summed E-state index contributed by atoms with van der Waals surface area (Å²) in [6, 6.07) is 12.3. The van der Waals surface area contributed by atoms with Crippen LogP contribution in [0.25, 0.3) is 0 Å². The second-order valence-electron chi connectivity index (χ2n) is 7.05. The fourth-order valence-corrected chi connectivity index (χ4v) is 3.09. The summed E-state index contributed by atoms with van der Waals surface area (Å²) < 4.78 is 5.14. The molecule has 0 saturated heterocycles. The topological polar surface area (TPSA) is 92.8 Å². The van der Waals surface area contributed by atoms with Crippen LogP contribution in [-0.2, 0) is 14.3 Å². The van der Waals surface area contributed by atoms with E-state index in [1.54, 1.807) is 30.3 Å². The first-order valence-electron chi connectivity index (χ1n) is 9.30. The fraction of sp³-hybridized carbons (Fsp3) is 0.273. The van der Waals surface area contributed by atoms with Crippen molar-refractivity contribution in [1.29, 1.82) is 0 Å². The van der Waals surface area contributed by atoms with E-state index in [9.17, 15) is 19.2 Å². The number of rotatable bonds is 6. The van der Waals surface area contributed by atoms with Gasteiger partial charge in [-0.15, -0.1) is 0 Å². The number of carbonyl (C=O) groups is 4. The van der Waals surface area contributed by atoms with E-state index in [0.717, 1.165) is 16.0 Å². The number of nitrogens with one attached hydrogen (secondary N) is 1. The van der Waals surface area contributed by atoms with Crippen LogP contribution in [0.5, 0.6) is 0 Å². The Labute approximate surface area is 168 Å². The summed E-state index contributed by atoms with van der Waals surface area (Å²) in [7, 11) is 0. The Kier molecular flexibility index (Phi) is 5.77. The molecule has 7 nitrogen and oxygen atoms in total.